The molecular weight excluding hydrogens is 211 g/mol. The fraction of sp³-hybridized carbons (Fsp3) is 1.00. The lowest BCUT2D eigenvalue weighted by Gasteiger charge is -2.22. The predicted molar refractivity (Wildman–Crippen MR) is 63.6 cm³/mol. The minimum absolute atomic E-state index is 0.420. The van der Waals surface area contributed by atoms with E-state index in [1.807, 2.05) is 0 Å². The molecule has 0 amide bonds. The zero-order valence-corrected chi connectivity index (χ0v) is 11.4. The van der Waals surface area contributed by atoms with Crippen molar-refractivity contribution in [3.05, 3.63) is 0 Å². The molecule has 0 heterocycles. The summed E-state index contributed by atoms with van der Waals surface area (Å²) in [4.78, 5) is 12.3. The molecule has 92 valence electrons. The van der Waals surface area contributed by atoms with Gasteiger partial charge >= 0.3 is 7.37 Å². The molecule has 0 rings (SSSR count). The summed E-state index contributed by atoms with van der Waals surface area (Å²) in [5.74, 6) is 0. The maximum Gasteiger partial charge on any atom is 0.305 e. The van der Waals surface area contributed by atoms with Gasteiger partial charge in [0, 0.05) is 0 Å². The van der Waals surface area contributed by atoms with Gasteiger partial charge in [-0.1, -0.05) is 0 Å². The van der Waals surface area contributed by atoms with Crippen molar-refractivity contribution < 1.29 is 19.3 Å². The number of hydrogen-bond acceptors (Lipinski definition) is 1. The molecule has 3 N–H and O–H groups in total. The van der Waals surface area contributed by atoms with Crippen molar-refractivity contribution in [2.45, 2.75) is 27.7 Å². The Morgan fingerprint density at radius 3 is 1.33 bits per heavy atom. The van der Waals surface area contributed by atoms with E-state index < -0.39 is 7.37 Å². The molecule has 0 aliphatic heterocycles. The molecule has 0 aromatic carbocycles. The molecule has 0 saturated heterocycles. The van der Waals surface area contributed by atoms with Crippen molar-refractivity contribution in [3.8, 4) is 0 Å². The third-order valence-corrected chi connectivity index (χ3v) is 4.82. The Kier molecular flexibility index (Phi) is 7.45. The SMILES string of the molecule is CC[NH+](CC)CP(=O)(O)C[NH+](CC)CC. The van der Waals surface area contributed by atoms with E-state index in [9.17, 15) is 9.46 Å². The summed E-state index contributed by atoms with van der Waals surface area (Å²) in [6, 6.07) is 0. The third kappa shape index (κ3) is 6.31. The van der Waals surface area contributed by atoms with Crippen LogP contribution in [0.5, 0.6) is 0 Å². The first-order valence-electron chi connectivity index (χ1n) is 5.96. The number of rotatable bonds is 8. The molecule has 0 aliphatic rings. The van der Waals surface area contributed by atoms with Crippen LogP contribution in [0, 0.1) is 0 Å². The highest BCUT2D eigenvalue weighted by Crippen LogP contribution is 2.34. The Hall–Kier alpha value is 0.110. The van der Waals surface area contributed by atoms with Crippen LogP contribution in [-0.4, -0.2) is 43.6 Å². The lowest BCUT2D eigenvalue weighted by atomic mass is 10.6. The Morgan fingerprint density at radius 1 is 0.867 bits per heavy atom. The normalized spacial score (nSPS) is 12.7. The van der Waals surface area contributed by atoms with Crippen LogP contribution in [0.4, 0.5) is 0 Å². The van der Waals surface area contributed by atoms with Gasteiger partial charge in [0.25, 0.3) is 0 Å². The molecule has 15 heavy (non-hydrogen) atoms. The molecule has 0 radical (unpaired) electrons. The number of nitrogens with one attached hydrogen (secondary N) is 2. The highest BCUT2D eigenvalue weighted by molar-refractivity contribution is 7.57. The van der Waals surface area contributed by atoms with Gasteiger partial charge in [0.2, 0.25) is 0 Å². The summed E-state index contributed by atoms with van der Waals surface area (Å²) in [6.45, 7) is 11.9. The van der Waals surface area contributed by atoms with Crippen LogP contribution >= 0.6 is 7.37 Å². The third-order valence-electron chi connectivity index (χ3n) is 2.94. The standard InChI is InChI=1S/C10H25N2O2P/c1-5-11(6-2)9-15(13,14)10-12(7-3)8-4/h5-10H2,1-4H3,(H,13,14)/p+2. The van der Waals surface area contributed by atoms with E-state index in [0.717, 1.165) is 26.2 Å². The average molecular weight is 238 g/mol. The molecule has 0 unspecified atom stereocenters. The summed E-state index contributed by atoms with van der Waals surface area (Å²) in [6.07, 6.45) is 0.840. The van der Waals surface area contributed by atoms with Crippen molar-refractivity contribution in [2.75, 3.05) is 38.8 Å². The second-order valence-corrected chi connectivity index (χ2v) is 6.40. The molecule has 0 saturated carbocycles. The molecule has 0 aromatic rings. The fourth-order valence-electron chi connectivity index (χ4n) is 1.70. The summed E-state index contributed by atoms with van der Waals surface area (Å²) in [5, 5.41) is 0. The second kappa shape index (κ2) is 7.39. The lowest BCUT2D eigenvalue weighted by molar-refractivity contribution is -0.894. The van der Waals surface area contributed by atoms with E-state index in [1.165, 1.54) is 9.80 Å². The number of hydrogen-bond donors (Lipinski definition) is 3. The monoisotopic (exact) mass is 238 g/mol. The van der Waals surface area contributed by atoms with E-state index in [1.54, 1.807) is 0 Å². The Balaban J connectivity index is 4.21. The fourth-order valence-corrected chi connectivity index (χ4v) is 4.11. The smallest absolute Gasteiger partial charge is 0.305 e. The quantitative estimate of drug-likeness (QED) is 0.476. The van der Waals surface area contributed by atoms with Gasteiger partial charge in [-0.2, -0.15) is 0 Å². The maximum atomic E-state index is 12.0. The van der Waals surface area contributed by atoms with Crippen molar-refractivity contribution in [2.24, 2.45) is 0 Å². The van der Waals surface area contributed by atoms with E-state index in [2.05, 4.69) is 27.7 Å². The summed E-state index contributed by atoms with van der Waals surface area (Å²) in [7, 11) is -2.94. The van der Waals surface area contributed by atoms with Crippen LogP contribution in [-0.2, 0) is 4.57 Å². The lowest BCUT2D eigenvalue weighted by Crippen LogP contribution is -3.13. The van der Waals surface area contributed by atoms with Gasteiger partial charge < -0.3 is 14.7 Å². The minimum atomic E-state index is -2.94. The van der Waals surface area contributed by atoms with Crippen molar-refractivity contribution >= 4 is 7.37 Å². The first-order valence-corrected chi connectivity index (χ1v) is 7.99. The van der Waals surface area contributed by atoms with Crippen molar-refractivity contribution in [1.82, 2.24) is 0 Å². The maximum absolute atomic E-state index is 12.0. The Labute approximate surface area is 93.7 Å². The van der Waals surface area contributed by atoms with Crippen LogP contribution in [0.3, 0.4) is 0 Å². The number of quaternary nitrogens is 2. The van der Waals surface area contributed by atoms with Crippen LogP contribution < -0.4 is 9.80 Å². The topological polar surface area (TPSA) is 46.2 Å². The van der Waals surface area contributed by atoms with Gasteiger partial charge in [-0.15, -0.1) is 0 Å². The molecule has 0 atom stereocenters. The average Bonchev–Trinajstić information content (AvgIpc) is 2.22. The molecule has 0 bridgehead atoms. The highest BCUT2D eigenvalue weighted by Gasteiger charge is 2.28. The first-order chi connectivity index (χ1) is 6.99. The van der Waals surface area contributed by atoms with Gasteiger partial charge in [-0.25, -0.2) is 0 Å². The summed E-state index contributed by atoms with van der Waals surface area (Å²) < 4.78 is 12.0. The van der Waals surface area contributed by atoms with Crippen LogP contribution in [0.2, 0.25) is 0 Å². The summed E-state index contributed by atoms with van der Waals surface area (Å²) in [5.41, 5.74) is 0. The van der Waals surface area contributed by atoms with Crippen molar-refractivity contribution in [3.63, 3.8) is 0 Å². The minimum Gasteiger partial charge on any atom is -0.337 e. The van der Waals surface area contributed by atoms with E-state index in [4.69, 9.17) is 0 Å². The van der Waals surface area contributed by atoms with Gasteiger partial charge in [0.15, 0.2) is 12.6 Å². The van der Waals surface area contributed by atoms with Gasteiger partial charge in [0.1, 0.15) is 0 Å². The zero-order chi connectivity index (χ0) is 11.9. The van der Waals surface area contributed by atoms with Crippen LogP contribution in [0.25, 0.3) is 0 Å². The molecular formula is C10H27N2O2P+2. The van der Waals surface area contributed by atoms with E-state index >= 15 is 0 Å². The zero-order valence-electron chi connectivity index (χ0n) is 10.5. The first kappa shape index (κ1) is 15.1. The predicted octanol–water partition coefficient (Wildman–Crippen LogP) is -0.979. The molecule has 0 aromatic heterocycles. The van der Waals surface area contributed by atoms with Crippen LogP contribution in [0.15, 0.2) is 0 Å². The molecule has 0 aliphatic carbocycles. The van der Waals surface area contributed by atoms with Gasteiger partial charge in [-0.3, -0.25) is 4.57 Å². The molecule has 0 spiro atoms. The Bertz CT molecular complexity index is 186. The van der Waals surface area contributed by atoms with Gasteiger partial charge in [-0.05, 0) is 27.7 Å². The largest absolute Gasteiger partial charge is 0.337 e. The highest BCUT2D eigenvalue weighted by atomic mass is 31.2. The van der Waals surface area contributed by atoms with Gasteiger partial charge in [0.05, 0.1) is 26.2 Å². The van der Waals surface area contributed by atoms with E-state index in [-0.39, 0.29) is 0 Å². The van der Waals surface area contributed by atoms with E-state index in [0.29, 0.717) is 12.6 Å². The molecule has 5 heteroatoms. The summed E-state index contributed by atoms with van der Waals surface area (Å²) >= 11 is 0. The molecule has 4 nitrogen and oxygen atoms in total. The Morgan fingerprint density at radius 2 is 1.13 bits per heavy atom. The second-order valence-electron chi connectivity index (χ2n) is 4.08. The van der Waals surface area contributed by atoms with Crippen molar-refractivity contribution in [1.29, 1.82) is 0 Å². The van der Waals surface area contributed by atoms with Crippen LogP contribution in [0.1, 0.15) is 27.7 Å². The molecule has 0 fully saturated rings.